The van der Waals surface area contributed by atoms with Gasteiger partial charge in [0.15, 0.2) is 0 Å². The second-order valence-electron chi connectivity index (χ2n) is 4.41. The van der Waals surface area contributed by atoms with Crippen LogP contribution < -0.4 is 10.6 Å². The number of carboxylic acids is 2. The fourth-order valence-corrected chi connectivity index (χ4v) is 5.95. The second kappa shape index (κ2) is 11.7. The van der Waals surface area contributed by atoms with E-state index in [2.05, 4.69) is 5.32 Å². The first-order chi connectivity index (χ1) is 11.8. The van der Waals surface area contributed by atoms with Gasteiger partial charge < -0.3 is 20.8 Å². The SMILES string of the molecule is Cl.Cl.O=C(CNC(=O)C(F)(F)F)Nc1c(I)c(C(=O)O)c(I)c(C(=O)O)c1I. The number of carbonyl (C=O) groups is 4. The summed E-state index contributed by atoms with van der Waals surface area (Å²) in [6, 6.07) is 0. The van der Waals surface area contributed by atoms with Crippen molar-refractivity contribution in [1.29, 1.82) is 0 Å². The Balaban J connectivity index is 0. The van der Waals surface area contributed by atoms with Gasteiger partial charge >= 0.3 is 24.0 Å². The molecule has 0 heterocycles. The average Bonchev–Trinajstić information content (AvgIpc) is 2.47. The molecule has 158 valence electrons. The lowest BCUT2D eigenvalue weighted by atomic mass is 10.1. The van der Waals surface area contributed by atoms with E-state index in [4.69, 9.17) is 0 Å². The van der Waals surface area contributed by atoms with E-state index in [0.717, 1.165) is 0 Å². The van der Waals surface area contributed by atoms with Gasteiger partial charge in [-0.05, 0) is 67.8 Å². The molecule has 0 atom stereocenters. The molecule has 8 nitrogen and oxygen atoms in total. The molecule has 16 heteroatoms. The van der Waals surface area contributed by atoms with Crippen molar-refractivity contribution in [2.24, 2.45) is 0 Å². The molecular weight excluding hydrogens is 777 g/mol. The molecule has 2 amide bonds. The summed E-state index contributed by atoms with van der Waals surface area (Å²) in [4.78, 5) is 45.3. The van der Waals surface area contributed by atoms with Crippen LogP contribution in [0.4, 0.5) is 18.9 Å². The maximum atomic E-state index is 12.1. The Hall–Kier alpha value is -0.340. The molecule has 0 bridgehead atoms. The van der Waals surface area contributed by atoms with Crippen molar-refractivity contribution in [3.63, 3.8) is 0 Å². The fraction of sp³-hybridized carbons (Fsp3) is 0.167. The molecule has 0 aliphatic rings. The lowest BCUT2D eigenvalue weighted by molar-refractivity contribution is -0.173. The molecule has 0 fully saturated rings. The van der Waals surface area contributed by atoms with Crippen molar-refractivity contribution in [2.45, 2.75) is 6.18 Å². The predicted molar refractivity (Wildman–Crippen MR) is 121 cm³/mol. The van der Waals surface area contributed by atoms with Crippen LogP contribution in [0.15, 0.2) is 0 Å². The number of rotatable bonds is 5. The van der Waals surface area contributed by atoms with E-state index in [1.54, 1.807) is 67.8 Å². The number of hydrogen-bond acceptors (Lipinski definition) is 4. The number of anilines is 1. The van der Waals surface area contributed by atoms with Crippen molar-refractivity contribution >= 4 is 122 Å². The van der Waals surface area contributed by atoms with Crippen LogP contribution in [0.5, 0.6) is 0 Å². The number of amides is 2. The van der Waals surface area contributed by atoms with Crippen molar-refractivity contribution in [3.05, 3.63) is 21.8 Å². The lowest BCUT2D eigenvalue weighted by Crippen LogP contribution is -2.41. The maximum absolute atomic E-state index is 12.1. The first-order valence-corrected chi connectivity index (χ1v) is 9.34. The molecule has 0 saturated heterocycles. The van der Waals surface area contributed by atoms with Crippen molar-refractivity contribution < 1.29 is 42.6 Å². The monoisotopic (exact) mass is 784 g/mol. The molecule has 1 rings (SSSR count). The molecule has 0 unspecified atom stereocenters. The minimum Gasteiger partial charge on any atom is -0.478 e. The summed E-state index contributed by atoms with van der Waals surface area (Å²) in [6.07, 6.45) is -5.17. The quantitative estimate of drug-likeness (QED) is 0.339. The Morgan fingerprint density at radius 3 is 1.57 bits per heavy atom. The number of carboxylic acid groups (broad SMARTS) is 2. The van der Waals surface area contributed by atoms with Crippen LogP contribution in [0.2, 0.25) is 0 Å². The summed E-state index contributed by atoms with van der Waals surface area (Å²) in [7, 11) is 0. The van der Waals surface area contributed by atoms with Gasteiger partial charge in [-0.3, -0.25) is 9.59 Å². The zero-order valence-electron chi connectivity index (χ0n) is 12.8. The number of alkyl halides is 3. The highest BCUT2D eigenvalue weighted by molar-refractivity contribution is 14.1. The van der Waals surface area contributed by atoms with E-state index < -0.39 is 36.5 Å². The van der Waals surface area contributed by atoms with Gasteiger partial charge in [0.25, 0.3) is 0 Å². The first kappa shape index (κ1) is 29.9. The van der Waals surface area contributed by atoms with Gasteiger partial charge in [0.2, 0.25) is 5.91 Å². The molecule has 0 saturated carbocycles. The van der Waals surface area contributed by atoms with Gasteiger partial charge in [0.05, 0.1) is 30.5 Å². The summed E-state index contributed by atoms with van der Waals surface area (Å²) in [5.41, 5.74) is -0.940. The molecule has 1 aromatic rings. The summed E-state index contributed by atoms with van der Waals surface area (Å²) in [5, 5.41) is 22.0. The molecule has 0 aliphatic heterocycles. The number of benzene rings is 1. The molecule has 0 aliphatic carbocycles. The maximum Gasteiger partial charge on any atom is 0.471 e. The van der Waals surface area contributed by atoms with E-state index >= 15 is 0 Å². The van der Waals surface area contributed by atoms with E-state index in [9.17, 15) is 42.6 Å². The molecule has 0 aromatic heterocycles. The first-order valence-electron chi connectivity index (χ1n) is 6.10. The topological polar surface area (TPSA) is 133 Å². The van der Waals surface area contributed by atoms with Crippen molar-refractivity contribution in [3.8, 4) is 0 Å². The lowest BCUT2D eigenvalue weighted by Gasteiger charge is -2.16. The Morgan fingerprint density at radius 1 is 0.857 bits per heavy atom. The number of hydrogen-bond donors (Lipinski definition) is 4. The molecular formula is C12H8Cl2F3I3N2O6. The highest BCUT2D eigenvalue weighted by atomic mass is 127. The molecule has 4 N–H and O–H groups in total. The molecule has 1 aromatic carbocycles. The minimum absolute atomic E-state index is 0. The highest BCUT2D eigenvalue weighted by Gasteiger charge is 2.38. The summed E-state index contributed by atoms with van der Waals surface area (Å²) >= 11 is 4.68. The normalized spacial score (nSPS) is 10.2. The zero-order chi connectivity index (χ0) is 20.4. The fourth-order valence-electron chi connectivity index (χ4n) is 1.59. The van der Waals surface area contributed by atoms with Crippen LogP contribution in [0.3, 0.4) is 0 Å². The Labute approximate surface area is 208 Å². The Bertz CT molecular complexity index is 782. The zero-order valence-corrected chi connectivity index (χ0v) is 20.9. The second-order valence-corrected chi connectivity index (χ2v) is 7.64. The molecule has 0 radical (unpaired) electrons. The standard InChI is InChI=1S/C12H6F3I3N2O6.2ClH/c13-12(14,15)11(26)19-1-2(21)20-8-6(17)3(9(22)23)5(16)4(7(8)18)10(24)25;;/h1H2,(H,19,26)(H,20,21)(H,22,23)(H,24,25);2*1H. The van der Waals surface area contributed by atoms with Crippen LogP contribution >= 0.6 is 92.6 Å². The smallest absolute Gasteiger partial charge is 0.471 e. The van der Waals surface area contributed by atoms with Gasteiger partial charge in [-0.1, -0.05) is 0 Å². The third-order valence-corrected chi connectivity index (χ3v) is 5.91. The Kier molecular flexibility index (Phi) is 12.5. The van der Waals surface area contributed by atoms with E-state index in [0.29, 0.717) is 0 Å². The summed E-state index contributed by atoms with van der Waals surface area (Å²) in [5.74, 6) is -6.30. The van der Waals surface area contributed by atoms with Crippen LogP contribution in [-0.4, -0.2) is 46.7 Å². The summed E-state index contributed by atoms with van der Waals surface area (Å²) < 4.78 is 36.2. The minimum atomic E-state index is -5.17. The van der Waals surface area contributed by atoms with Gasteiger partial charge in [-0.15, -0.1) is 24.8 Å². The van der Waals surface area contributed by atoms with E-state index in [1.165, 1.54) is 5.32 Å². The third kappa shape index (κ3) is 7.17. The third-order valence-electron chi connectivity index (χ3n) is 2.68. The van der Waals surface area contributed by atoms with Crippen LogP contribution in [0, 0.1) is 10.7 Å². The highest BCUT2D eigenvalue weighted by Crippen LogP contribution is 2.35. The molecule has 28 heavy (non-hydrogen) atoms. The van der Waals surface area contributed by atoms with Crippen molar-refractivity contribution in [1.82, 2.24) is 5.32 Å². The van der Waals surface area contributed by atoms with Crippen LogP contribution in [-0.2, 0) is 9.59 Å². The van der Waals surface area contributed by atoms with Crippen LogP contribution in [0.1, 0.15) is 20.7 Å². The molecule has 0 spiro atoms. The van der Waals surface area contributed by atoms with Gasteiger partial charge in [-0.2, -0.15) is 13.2 Å². The number of carbonyl (C=O) groups excluding carboxylic acids is 2. The van der Waals surface area contributed by atoms with E-state index in [-0.39, 0.29) is 52.3 Å². The predicted octanol–water partition coefficient (Wildman–Crippen LogP) is 3.36. The number of nitrogens with one attached hydrogen (secondary N) is 2. The van der Waals surface area contributed by atoms with Gasteiger partial charge in [0.1, 0.15) is 0 Å². The summed E-state index contributed by atoms with van der Waals surface area (Å²) in [6.45, 7) is -1.04. The average molecular weight is 785 g/mol. The largest absolute Gasteiger partial charge is 0.478 e. The van der Waals surface area contributed by atoms with Crippen molar-refractivity contribution in [2.75, 3.05) is 11.9 Å². The van der Waals surface area contributed by atoms with Gasteiger partial charge in [-0.25, -0.2) is 9.59 Å². The number of aromatic carboxylic acids is 2. The van der Waals surface area contributed by atoms with Gasteiger partial charge in [0, 0.05) is 3.57 Å². The van der Waals surface area contributed by atoms with E-state index in [1.807, 2.05) is 0 Å². The van der Waals surface area contributed by atoms with Crippen LogP contribution in [0.25, 0.3) is 0 Å². The number of halogens is 8. The Morgan fingerprint density at radius 2 is 1.25 bits per heavy atom.